The van der Waals surface area contributed by atoms with Crippen LogP contribution >= 0.6 is 11.6 Å². The minimum absolute atomic E-state index is 0.0321. The Kier molecular flexibility index (Phi) is 4.69. The molecule has 27 heavy (non-hydrogen) atoms. The quantitative estimate of drug-likeness (QED) is 0.485. The minimum Gasteiger partial charge on any atom is -0.390 e. The molecular formula is C19H27ClN4O3. The van der Waals surface area contributed by atoms with Crippen LogP contribution in [0.25, 0.3) is 0 Å². The van der Waals surface area contributed by atoms with Crippen molar-refractivity contribution in [2.24, 2.45) is 17.6 Å². The lowest BCUT2D eigenvalue weighted by Gasteiger charge is -2.40. The van der Waals surface area contributed by atoms with Crippen molar-refractivity contribution < 1.29 is 14.9 Å². The fourth-order valence-electron chi connectivity index (χ4n) is 5.56. The number of likely N-dealkylation sites (tertiary alicyclic amines) is 1. The van der Waals surface area contributed by atoms with E-state index in [9.17, 15) is 10.2 Å². The number of hydrogen-bond acceptors (Lipinski definition) is 7. The number of aliphatic hydroxyl groups excluding tert-OH is 2. The van der Waals surface area contributed by atoms with Gasteiger partial charge in [0.2, 0.25) is 0 Å². The molecule has 8 atom stereocenters. The van der Waals surface area contributed by atoms with Crippen molar-refractivity contribution >= 4 is 11.6 Å². The van der Waals surface area contributed by atoms with E-state index in [1.165, 1.54) is 0 Å². The Hall–Kier alpha value is -0.770. The fraction of sp³-hybridized carbons (Fsp3) is 0.684. The van der Waals surface area contributed by atoms with E-state index in [1.54, 1.807) is 0 Å². The second-order valence-corrected chi connectivity index (χ2v) is 8.71. The van der Waals surface area contributed by atoms with E-state index in [2.05, 4.69) is 15.5 Å². The Balaban J connectivity index is 1.36. The molecule has 7 nitrogen and oxygen atoms in total. The van der Waals surface area contributed by atoms with Gasteiger partial charge in [-0.2, -0.15) is 0 Å². The Morgan fingerprint density at radius 2 is 2.04 bits per heavy atom. The summed E-state index contributed by atoms with van der Waals surface area (Å²) >= 11 is 6.09. The summed E-state index contributed by atoms with van der Waals surface area (Å²) in [4.78, 5) is 2.30. The number of fused-ring (bicyclic) bond motifs is 2. The number of ether oxygens (including phenoxy) is 1. The summed E-state index contributed by atoms with van der Waals surface area (Å²) < 4.78 is 6.02. The standard InChI is InChI=1S/C19H27ClN4O3/c20-10-1-2-11-9(5-10)7-27-17(11)13-6-14(16(26)15(13)25)24-4-3-12-18(21)22-8-23-19(12)24/h1-2,5,12-19,22-23,25-26H,3-4,6-8,21H2/t12?,13-,14+,15+,16-,17+,18?,19?/m0/s1. The highest BCUT2D eigenvalue weighted by Gasteiger charge is 2.53. The zero-order valence-corrected chi connectivity index (χ0v) is 15.8. The Labute approximate surface area is 163 Å². The van der Waals surface area contributed by atoms with Gasteiger partial charge in [0.25, 0.3) is 0 Å². The lowest BCUT2D eigenvalue weighted by molar-refractivity contribution is -0.0539. The van der Waals surface area contributed by atoms with Crippen molar-refractivity contribution in [1.82, 2.24) is 15.5 Å². The molecule has 4 aliphatic rings. The summed E-state index contributed by atoms with van der Waals surface area (Å²) in [6.45, 7) is 2.03. The molecule has 1 saturated carbocycles. The lowest BCUT2D eigenvalue weighted by atomic mass is 9.91. The number of hydrogen-bond donors (Lipinski definition) is 5. The first kappa shape index (κ1) is 18.3. The lowest BCUT2D eigenvalue weighted by Crippen LogP contribution is -2.64. The highest BCUT2D eigenvalue weighted by Crippen LogP contribution is 2.46. The van der Waals surface area contributed by atoms with Crippen LogP contribution in [0.1, 0.15) is 30.1 Å². The molecule has 0 spiro atoms. The smallest absolute Gasteiger partial charge is 0.0958 e. The van der Waals surface area contributed by atoms with Crippen molar-refractivity contribution in [3.8, 4) is 0 Å². The number of rotatable bonds is 2. The van der Waals surface area contributed by atoms with Crippen molar-refractivity contribution in [2.75, 3.05) is 13.2 Å². The van der Waals surface area contributed by atoms with E-state index in [4.69, 9.17) is 22.1 Å². The van der Waals surface area contributed by atoms with Crippen LogP contribution in [-0.2, 0) is 11.3 Å². The molecule has 3 heterocycles. The first-order chi connectivity index (χ1) is 13.0. The van der Waals surface area contributed by atoms with E-state index in [-0.39, 0.29) is 30.4 Å². The molecule has 1 aliphatic carbocycles. The van der Waals surface area contributed by atoms with Gasteiger partial charge in [-0.25, -0.2) is 0 Å². The van der Waals surface area contributed by atoms with Crippen LogP contribution in [0.3, 0.4) is 0 Å². The summed E-state index contributed by atoms with van der Waals surface area (Å²) in [7, 11) is 0. The van der Waals surface area contributed by atoms with E-state index in [0.29, 0.717) is 30.6 Å². The number of aliphatic hydroxyl groups is 2. The predicted molar refractivity (Wildman–Crippen MR) is 101 cm³/mol. The summed E-state index contributed by atoms with van der Waals surface area (Å²) in [6.07, 6.45) is -0.0105. The van der Waals surface area contributed by atoms with E-state index >= 15 is 0 Å². The molecular weight excluding hydrogens is 368 g/mol. The van der Waals surface area contributed by atoms with Crippen LogP contribution in [0, 0.1) is 11.8 Å². The molecule has 3 fully saturated rings. The number of nitrogens with zero attached hydrogens (tertiary/aromatic N) is 1. The number of nitrogens with two attached hydrogens (primary N) is 1. The maximum atomic E-state index is 10.9. The Morgan fingerprint density at radius 1 is 1.19 bits per heavy atom. The fourth-order valence-corrected chi connectivity index (χ4v) is 5.76. The van der Waals surface area contributed by atoms with E-state index < -0.39 is 12.2 Å². The van der Waals surface area contributed by atoms with Gasteiger partial charge in [0, 0.05) is 36.1 Å². The minimum atomic E-state index is -0.809. The third kappa shape index (κ3) is 2.92. The van der Waals surface area contributed by atoms with Gasteiger partial charge in [0.15, 0.2) is 0 Å². The van der Waals surface area contributed by atoms with Gasteiger partial charge >= 0.3 is 0 Å². The maximum absolute atomic E-state index is 10.9. The Bertz CT molecular complexity index is 722. The summed E-state index contributed by atoms with van der Waals surface area (Å²) in [5, 5.41) is 29.1. The molecule has 5 rings (SSSR count). The molecule has 3 aliphatic heterocycles. The summed E-state index contributed by atoms with van der Waals surface area (Å²) in [5.74, 6) is 0.176. The average Bonchev–Trinajstić information content (AvgIpc) is 3.33. The van der Waals surface area contributed by atoms with Crippen molar-refractivity contribution in [1.29, 1.82) is 0 Å². The van der Waals surface area contributed by atoms with Crippen LogP contribution in [-0.4, -0.2) is 58.9 Å². The average molecular weight is 395 g/mol. The molecule has 8 heteroatoms. The summed E-state index contributed by atoms with van der Waals surface area (Å²) in [6, 6.07) is 5.68. The van der Waals surface area contributed by atoms with Gasteiger partial charge in [-0.05, 0) is 36.1 Å². The van der Waals surface area contributed by atoms with Crippen molar-refractivity contribution in [2.45, 2.75) is 56.1 Å². The van der Waals surface area contributed by atoms with Gasteiger partial charge < -0.3 is 20.7 Å². The predicted octanol–water partition coefficient (Wildman–Crippen LogP) is 0.105. The van der Waals surface area contributed by atoms with Crippen LogP contribution < -0.4 is 16.4 Å². The molecule has 0 bridgehead atoms. The summed E-state index contributed by atoms with van der Waals surface area (Å²) in [5.41, 5.74) is 8.37. The second kappa shape index (κ2) is 6.93. The highest BCUT2D eigenvalue weighted by molar-refractivity contribution is 6.30. The third-order valence-corrected chi connectivity index (χ3v) is 7.17. The first-order valence-corrected chi connectivity index (χ1v) is 10.2. The number of halogens is 1. The highest BCUT2D eigenvalue weighted by atomic mass is 35.5. The van der Waals surface area contributed by atoms with Gasteiger partial charge in [-0.3, -0.25) is 15.5 Å². The van der Waals surface area contributed by atoms with E-state index in [0.717, 1.165) is 24.1 Å². The monoisotopic (exact) mass is 394 g/mol. The van der Waals surface area contributed by atoms with Gasteiger partial charge in [-0.15, -0.1) is 0 Å². The normalized spacial score (nSPS) is 44.4. The molecule has 2 saturated heterocycles. The zero-order chi connectivity index (χ0) is 18.7. The van der Waals surface area contributed by atoms with Gasteiger partial charge in [0.05, 0.1) is 37.3 Å². The van der Waals surface area contributed by atoms with Crippen molar-refractivity contribution in [3.63, 3.8) is 0 Å². The van der Waals surface area contributed by atoms with Gasteiger partial charge in [-0.1, -0.05) is 17.7 Å². The van der Waals surface area contributed by atoms with E-state index in [1.807, 2.05) is 18.2 Å². The topological polar surface area (TPSA) is 103 Å². The molecule has 1 aromatic rings. The largest absolute Gasteiger partial charge is 0.390 e. The molecule has 6 N–H and O–H groups in total. The van der Waals surface area contributed by atoms with Crippen LogP contribution in [0.4, 0.5) is 0 Å². The molecule has 148 valence electrons. The molecule has 0 aromatic heterocycles. The van der Waals surface area contributed by atoms with Gasteiger partial charge in [0.1, 0.15) is 0 Å². The molecule has 0 amide bonds. The van der Waals surface area contributed by atoms with Crippen LogP contribution in [0.5, 0.6) is 0 Å². The third-order valence-electron chi connectivity index (χ3n) is 6.93. The maximum Gasteiger partial charge on any atom is 0.0958 e. The SMILES string of the molecule is NC1NCNC2C1CCN2[C@@H]1C[C@H]([C@@H]2OCc3cc(Cl)ccc32)[C@@H](O)[C@H]1O. The van der Waals surface area contributed by atoms with Crippen LogP contribution in [0.15, 0.2) is 18.2 Å². The number of nitrogens with one attached hydrogen (secondary N) is 2. The number of benzene rings is 1. The molecule has 0 radical (unpaired) electrons. The second-order valence-electron chi connectivity index (χ2n) is 8.27. The van der Waals surface area contributed by atoms with Crippen molar-refractivity contribution in [3.05, 3.63) is 34.3 Å². The first-order valence-electron chi connectivity index (χ1n) is 9.79. The molecule has 3 unspecified atom stereocenters. The van der Waals surface area contributed by atoms with Crippen LogP contribution in [0.2, 0.25) is 5.02 Å². The zero-order valence-electron chi connectivity index (χ0n) is 15.1. The molecule has 1 aromatic carbocycles. The Morgan fingerprint density at radius 3 is 2.89 bits per heavy atom.